The number of carboxylic acids is 1. The Bertz CT molecular complexity index is 576. The quantitative estimate of drug-likeness (QED) is 0.766. The molecule has 0 aliphatic heterocycles. The zero-order valence-electron chi connectivity index (χ0n) is 12.9. The van der Waals surface area contributed by atoms with E-state index >= 15 is 0 Å². The predicted octanol–water partition coefficient (Wildman–Crippen LogP) is 4.08. The molecule has 0 aromatic heterocycles. The van der Waals surface area contributed by atoms with Crippen LogP contribution in [0.4, 0.5) is 4.79 Å². The molecule has 1 aromatic rings. The first-order chi connectivity index (χ1) is 10.2. The molecule has 22 heavy (non-hydrogen) atoms. The Morgan fingerprint density at radius 1 is 1.32 bits per heavy atom. The fourth-order valence-corrected chi connectivity index (χ4v) is 2.13. The maximum absolute atomic E-state index is 11.4. The second-order valence-electron chi connectivity index (χ2n) is 5.70. The van der Waals surface area contributed by atoms with Crippen LogP contribution in [0.1, 0.15) is 43.1 Å². The van der Waals surface area contributed by atoms with Gasteiger partial charge in [0.05, 0.1) is 5.56 Å². The molecular weight excluding hydrogens is 350 g/mol. The number of ether oxygens (including phenoxy) is 1. The summed E-state index contributed by atoms with van der Waals surface area (Å²) >= 11 is 3.28. The van der Waals surface area contributed by atoms with Gasteiger partial charge in [0.2, 0.25) is 0 Å². The van der Waals surface area contributed by atoms with E-state index in [1.54, 1.807) is 32.9 Å². The summed E-state index contributed by atoms with van der Waals surface area (Å²) in [7, 11) is 0. The normalized spacial score (nSPS) is 11.5. The van der Waals surface area contributed by atoms with Gasteiger partial charge >= 0.3 is 12.1 Å². The highest BCUT2D eigenvalue weighted by atomic mass is 79.9. The van der Waals surface area contributed by atoms with E-state index in [9.17, 15) is 9.59 Å². The van der Waals surface area contributed by atoms with E-state index in [0.717, 1.165) is 5.56 Å². The molecule has 6 heteroatoms. The fraction of sp³-hybridized carbons (Fsp3) is 0.375. The average molecular weight is 370 g/mol. The minimum absolute atomic E-state index is 0.223. The van der Waals surface area contributed by atoms with Crippen LogP contribution in [-0.4, -0.2) is 29.3 Å². The van der Waals surface area contributed by atoms with Crippen molar-refractivity contribution < 1.29 is 19.4 Å². The van der Waals surface area contributed by atoms with Crippen molar-refractivity contribution >= 4 is 34.1 Å². The van der Waals surface area contributed by atoms with Gasteiger partial charge in [-0.25, -0.2) is 9.59 Å². The van der Waals surface area contributed by atoms with Gasteiger partial charge in [0.25, 0.3) is 0 Å². The number of halogens is 1. The van der Waals surface area contributed by atoms with E-state index in [1.807, 2.05) is 18.2 Å². The molecular formula is C16H20BrNO4. The number of hydrogen-bond acceptors (Lipinski definition) is 3. The van der Waals surface area contributed by atoms with Crippen molar-refractivity contribution in [3.8, 4) is 0 Å². The van der Waals surface area contributed by atoms with Crippen LogP contribution >= 0.6 is 15.9 Å². The van der Waals surface area contributed by atoms with Crippen molar-refractivity contribution in [2.24, 2.45) is 0 Å². The number of carbonyl (C=O) groups is 2. The van der Waals surface area contributed by atoms with Gasteiger partial charge in [0.1, 0.15) is 5.60 Å². The summed E-state index contributed by atoms with van der Waals surface area (Å²) in [4.78, 5) is 22.4. The van der Waals surface area contributed by atoms with Gasteiger partial charge in [-0.1, -0.05) is 28.1 Å². The number of rotatable bonds is 5. The third kappa shape index (κ3) is 7.26. The summed E-state index contributed by atoms with van der Waals surface area (Å²) < 4.78 is 5.82. The van der Waals surface area contributed by atoms with Crippen LogP contribution in [0.15, 0.2) is 28.7 Å². The highest BCUT2D eigenvalue weighted by Crippen LogP contribution is 2.17. The first-order valence-electron chi connectivity index (χ1n) is 6.84. The second kappa shape index (κ2) is 7.98. The Hall–Kier alpha value is -1.82. The van der Waals surface area contributed by atoms with Gasteiger partial charge < -0.3 is 15.2 Å². The maximum Gasteiger partial charge on any atom is 0.407 e. The van der Waals surface area contributed by atoms with Crippen LogP contribution in [0.2, 0.25) is 0 Å². The number of amides is 1. The summed E-state index contributed by atoms with van der Waals surface area (Å²) in [5.41, 5.74) is 0.494. The Labute approximate surface area is 138 Å². The van der Waals surface area contributed by atoms with Crippen molar-refractivity contribution in [2.75, 3.05) is 6.54 Å². The standard InChI is InChI=1S/C16H20BrNO4/c1-16(2,3)22-15(21)18-7-5-4-6-11-8-12(14(19)20)10-13(17)9-11/h4,6,8-10H,5,7H2,1-3H3,(H,18,21)(H,19,20). The summed E-state index contributed by atoms with van der Waals surface area (Å²) in [5.74, 6) is -0.970. The molecule has 0 aliphatic rings. The highest BCUT2D eigenvalue weighted by molar-refractivity contribution is 9.10. The topological polar surface area (TPSA) is 75.6 Å². The molecule has 0 saturated heterocycles. The first-order valence-corrected chi connectivity index (χ1v) is 7.64. The van der Waals surface area contributed by atoms with E-state index in [0.29, 0.717) is 17.4 Å². The van der Waals surface area contributed by atoms with E-state index in [4.69, 9.17) is 9.84 Å². The number of benzene rings is 1. The molecule has 0 heterocycles. The number of carbonyl (C=O) groups excluding carboxylic acids is 1. The summed E-state index contributed by atoms with van der Waals surface area (Å²) in [5, 5.41) is 11.6. The smallest absolute Gasteiger partial charge is 0.407 e. The van der Waals surface area contributed by atoms with E-state index < -0.39 is 17.7 Å². The third-order valence-corrected chi connectivity index (χ3v) is 2.91. The van der Waals surface area contributed by atoms with Crippen molar-refractivity contribution in [2.45, 2.75) is 32.8 Å². The largest absolute Gasteiger partial charge is 0.478 e. The Balaban J connectivity index is 2.47. The minimum atomic E-state index is -0.970. The van der Waals surface area contributed by atoms with Gasteiger partial charge in [0.15, 0.2) is 0 Å². The molecule has 0 aliphatic carbocycles. The molecule has 5 nitrogen and oxygen atoms in total. The molecule has 1 aromatic carbocycles. The summed E-state index contributed by atoms with van der Waals surface area (Å²) in [6.07, 6.45) is 3.85. The molecule has 0 unspecified atom stereocenters. The number of nitrogens with one attached hydrogen (secondary N) is 1. The second-order valence-corrected chi connectivity index (χ2v) is 6.61. The van der Waals surface area contributed by atoms with E-state index in [-0.39, 0.29) is 5.56 Å². The molecule has 0 fully saturated rings. The Morgan fingerprint density at radius 3 is 2.59 bits per heavy atom. The average Bonchev–Trinajstić information content (AvgIpc) is 2.35. The molecule has 1 rings (SSSR count). The Kier molecular flexibility index (Phi) is 6.61. The van der Waals surface area contributed by atoms with Gasteiger partial charge in [-0.15, -0.1) is 0 Å². The zero-order valence-corrected chi connectivity index (χ0v) is 14.4. The molecule has 0 bridgehead atoms. The van der Waals surface area contributed by atoms with Crippen LogP contribution in [0, 0.1) is 0 Å². The van der Waals surface area contributed by atoms with Crippen LogP contribution in [0.5, 0.6) is 0 Å². The molecule has 0 spiro atoms. The number of alkyl carbamates (subject to hydrolysis) is 1. The maximum atomic E-state index is 11.4. The molecule has 0 saturated carbocycles. The predicted molar refractivity (Wildman–Crippen MR) is 89.0 cm³/mol. The fourth-order valence-electron chi connectivity index (χ4n) is 1.62. The van der Waals surface area contributed by atoms with Crippen LogP contribution in [0.25, 0.3) is 6.08 Å². The van der Waals surface area contributed by atoms with Crippen molar-refractivity contribution in [1.29, 1.82) is 0 Å². The molecule has 1 amide bonds. The number of carboxylic acid groups (broad SMARTS) is 1. The number of hydrogen-bond donors (Lipinski definition) is 2. The highest BCUT2D eigenvalue weighted by Gasteiger charge is 2.15. The lowest BCUT2D eigenvalue weighted by molar-refractivity contribution is 0.0528. The van der Waals surface area contributed by atoms with Gasteiger partial charge in [-0.2, -0.15) is 0 Å². The van der Waals surface area contributed by atoms with Gasteiger partial charge in [0, 0.05) is 11.0 Å². The zero-order chi connectivity index (χ0) is 16.8. The first kappa shape index (κ1) is 18.2. The van der Waals surface area contributed by atoms with Crippen molar-refractivity contribution in [3.63, 3.8) is 0 Å². The van der Waals surface area contributed by atoms with Crippen LogP contribution in [-0.2, 0) is 4.74 Å². The lowest BCUT2D eigenvalue weighted by Gasteiger charge is -2.19. The molecule has 0 atom stereocenters. The summed E-state index contributed by atoms with van der Waals surface area (Å²) in [6, 6.07) is 4.96. The van der Waals surface area contributed by atoms with E-state index in [1.165, 1.54) is 0 Å². The number of aromatic carboxylic acids is 1. The summed E-state index contributed by atoms with van der Waals surface area (Å²) in [6.45, 7) is 5.87. The van der Waals surface area contributed by atoms with Crippen molar-refractivity contribution in [3.05, 3.63) is 39.9 Å². The van der Waals surface area contributed by atoms with Crippen molar-refractivity contribution in [1.82, 2.24) is 5.32 Å². The molecule has 0 radical (unpaired) electrons. The van der Waals surface area contributed by atoms with E-state index in [2.05, 4.69) is 21.2 Å². The third-order valence-electron chi connectivity index (χ3n) is 2.46. The van der Waals surface area contributed by atoms with Crippen LogP contribution < -0.4 is 5.32 Å². The molecule has 2 N–H and O–H groups in total. The lowest BCUT2D eigenvalue weighted by Crippen LogP contribution is -2.32. The molecule has 120 valence electrons. The SMILES string of the molecule is CC(C)(C)OC(=O)NCCC=Cc1cc(Br)cc(C(=O)O)c1. The lowest BCUT2D eigenvalue weighted by atomic mass is 10.1. The van der Waals surface area contributed by atoms with Gasteiger partial charge in [-0.05, 0) is 51.0 Å². The van der Waals surface area contributed by atoms with Crippen LogP contribution in [0.3, 0.4) is 0 Å². The minimum Gasteiger partial charge on any atom is -0.478 e. The Morgan fingerprint density at radius 2 is 2.00 bits per heavy atom. The van der Waals surface area contributed by atoms with Gasteiger partial charge in [-0.3, -0.25) is 0 Å². The monoisotopic (exact) mass is 369 g/mol.